The molecule has 19 heavy (non-hydrogen) atoms. The number of alkyl halides is 1. The number of aliphatic hydroxyl groups is 1. The minimum atomic E-state index is -1.24. The lowest BCUT2D eigenvalue weighted by molar-refractivity contribution is 0.178. The zero-order chi connectivity index (χ0) is 13.2. The Morgan fingerprint density at radius 2 is 2.11 bits per heavy atom. The van der Waals surface area contributed by atoms with Gasteiger partial charge in [0.2, 0.25) is 0 Å². The number of nitrogens with one attached hydrogen (secondary N) is 1. The quantitative estimate of drug-likeness (QED) is 0.749. The molecule has 0 spiro atoms. The van der Waals surface area contributed by atoms with Crippen LogP contribution in [-0.2, 0) is 6.42 Å². The van der Waals surface area contributed by atoms with E-state index < -0.39 is 12.8 Å². The van der Waals surface area contributed by atoms with Crippen molar-refractivity contribution in [3.8, 4) is 5.69 Å². The standard InChI is InChI=1S/C13H13FN4O/c14-10(6-19)3-9-5-15-13-2-1-11(4-12(9)13)18-7-16-17-8-18/h1-2,4-5,7-8,10,15,19H,3,6H2/t10-/m0/s1. The number of H-pyrrole nitrogens is 1. The molecule has 0 aliphatic carbocycles. The first-order valence-electron chi connectivity index (χ1n) is 5.98. The van der Waals surface area contributed by atoms with Crippen molar-refractivity contribution < 1.29 is 9.50 Å². The van der Waals surface area contributed by atoms with Crippen molar-refractivity contribution in [2.75, 3.05) is 6.61 Å². The number of aliphatic hydroxyl groups excluding tert-OH is 1. The number of fused-ring (bicyclic) bond motifs is 1. The van der Waals surface area contributed by atoms with E-state index in [0.717, 1.165) is 22.2 Å². The van der Waals surface area contributed by atoms with Crippen molar-refractivity contribution in [3.63, 3.8) is 0 Å². The van der Waals surface area contributed by atoms with Crippen LogP contribution in [0.5, 0.6) is 0 Å². The highest BCUT2D eigenvalue weighted by Gasteiger charge is 2.11. The van der Waals surface area contributed by atoms with Crippen LogP contribution < -0.4 is 0 Å². The fraction of sp³-hybridized carbons (Fsp3) is 0.231. The molecule has 0 aliphatic rings. The predicted molar refractivity (Wildman–Crippen MR) is 68.9 cm³/mol. The predicted octanol–water partition coefficient (Wildman–Crippen LogP) is 1.62. The van der Waals surface area contributed by atoms with Crippen LogP contribution >= 0.6 is 0 Å². The topological polar surface area (TPSA) is 66.7 Å². The zero-order valence-electron chi connectivity index (χ0n) is 10.1. The van der Waals surface area contributed by atoms with Gasteiger partial charge in [0.25, 0.3) is 0 Å². The number of rotatable bonds is 4. The third-order valence-electron chi connectivity index (χ3n) is 3.11. The molecule has 0 aliphatic heterocycles. The first-order valence-corrected chi connectivity index (χ1v) is 5.98. The lowest BCUT2D eigenvalue weighted by atomic mass is 10.1. The highest BCUT2D eigenvalue weighted by atomic mass is 19.1. The Balaban J connectivity index is 2.03. The van der Waals surface area contributed by atoms with Crippen LogP contribution in [0.1, 0.15) is 5.56 Å². The Morgan fingerprint density at radius 1 is 1.32 bits per heavy atom. The summed E-state index contributed by atoms with van der Waals surface area (Å²) in [5, 5.41) is 17.3. The summed E-state index contributed by atoms with van der Waals surface area (Å²) >= 11 is 0. The van der Waals surface area contributed by atoms with Gasteiger partial charge in [-0.3, -0.25) is 4.57 Å². The van der Waals surface area contributed by atoms with Gasteiger partial charge < -0.3 is 10.1 Å². The largest absolute Gasteiger partial charge is 0.393 e. The molecule has 1 atom stereocenters. The van der Waals surface area contributed by atoms with Crippen molar-refractivity contribution in [1.82, 2.24) is 19.7 Å². The number of aromatic amines is 1. The van der Waals surface area contributed by atoms with Gasteiger partial charge in [-0.15, -0.1) is 10.2 Å². The van der Waals surface area contributed by atoms with E-state index in [0.29, 0.717) is 0 Å². The number of hydrogen-bond acceptors (Lipinski definition) is 3. The highest BCUT2D eigenvalue weighted by molar-refractivity contribution is 5.85. The van der Waals surface area contributed by atoms with E-state index in [1.54, 1.807) is 23.4 Å². The number of hydrogen-bond donors (Lipinski definition) is 2. The summed E-state index contributed by atoms with van der Waals surface area (Å²) in [6, 6.07) is 5.82. The summed E-state index contributed by atoms with van der Waals surface area (Å²) in [4.78, 5) is 3.10. The maximum absolute atomic E-state index is 13.3. The molecule has 2 aromatic heterocycles. The molecular weight excluding hydrogens is 247 g/mol. The summed E-state index contributed by atoms with van der Waals surface area (Å²) in [7, 11) is 0. The SMILES string of the molecule is OC[C@@H](F)Cc1c[nH]c2ccc(-n3cnnc3)cc12. The lowest BCUT2D eigenvalue weighted by Crippen LogP contribution is -2.09. The molecule has 0 saturated carbocycles. The van der Waals surface area contributed by atoms with Crippen molar-refractivity contribution in [1.29, 1.82) is 0 Å². The third kappa shape index (κ3) is 2.22. The molecule has 98 valence electrons. The molecule has 0 saturated heterocycles. The second-order valence-corrected chi connectivity index (χ2v) is 4.40. The van der Waals surface area contributed by atoms with Gasteiger partial charge >= 0.3 is 0 Å². The highest BCUT2D eigenvalue weighted by Crippen LogP contribution is 2.23. The molecule has 1 aromatic carbocycles. The molecule has 0 amide bonds. The van der Waals surface area contributed by atoms with Crippen LogP contribution in [0.2, 0.25) is 0 Å². The average Bonchev–Trinajstić information content (AvgIpc) is 3.08. The molecule has 2 N–H and O–H groups in total. The normalized spacial score (nSPS) is 12.9. The Kier molecular flexibility index (Phi) is 3.00. The number of halogens is 1. The van der Waals surface area contributed by atoms with E-state index in [1.165, 1.54) is 0 Å². The average molecular weight is 260 g/mol. The molecular formula is C13H13FN4O. The van der Waals surface area contributed by atoms with Crippen LogP contribution in [0.25, 0.3) is 16.6 Å². The van der Waals surface area contributed by atoms with Crippen molar-refractivity contribution >= 4 is 10.9 Å². The Hall–Kier alpha value is -2.21. The Labute approximate surface area is 108 Å². The maximum Gasteiger partial charge on any atom is 0.127 e. The van der Waals surface area contributed by atoms with E-state index in [1.807, 2.05) is 18.2 Å². The van der Waals surface area contributed by atoms with Crippen molar-refractivity contribution in [3.05, 3.63) is 42.6 Å². The van der Waals surface area contributed by atoms with Gasteiger partial charge in [-0.05, 0) is 23.8 Å². The molecule has 0 unspecified atom stereocenters. The molecule has 2 heterocycles. The summed E-state index contributed by atoms with van der Waals surface area (Å²) in [6.07, 6.45) is 3.96. The van der Waals surface area contributed by atoms with E-state index >= 15 is 0 Å². The van der Waals surface area contributed by atoms with Crippen molar-refractivity contribution in [2.45, 2.75) is 12.6 Å². The fourth-order valence-electron chi connectivity index (χ4n) is 2.13. The van der Waals surface area contributed by atoms with Gasteiger partial charge in [-0.1, -0.05) is 0 Å². The zero-order valence-corrected chi connectivity index (χ0v) is 10.1. The first-order chi connectivity index (χ1) is 9.28. The molecule has 6 heteroatoms. The molecule has 0 radical (unpaired) electrons. The summed E-state index contributed by atoms with van der Waals surface area (Å²) < 4.78 is 15.1. The van der Waals surface area contributed by atoms with Gasteiger partial charge in [0.1, 0.15) is 18.8 Å². The molecule has 0 fully saturated rings. The minimum absolute atomic E-state index is 0.197. The molecule has 0 bridgehead atoms. The van der Waals surface area contributed by atoms with Gasteiger partial charge in [0.15, 0.2) is 0 Å². The fourth-order valence-corrected chi connectivity index (χ4v) is 2.13. The number of nitrogens with zero attached hydrogens (tertiary/aromatic N) is 3. The van der Waals surface area contributed by atoms with Crippen LogP contribution in [0.3, 0.4) is 0 Å². The maximum atomic E-state index is 13.3. The first kappa shape index (κ1) is 11.9. The molecule has 5 nitrogen and oxygen atoms in total. The smallest absolute Gasteiger partial charge is 0.127 e. The monoisotopic (exact) mass is 260 g/mol. The van der Waals surface area contributed by atoms with Gasteiger partial charge in [-0.2, -0.15) is 0 Å². The van der Waals surface area contributed by atoms with E-state index in [9.17, 15) is 4.39 Å². The van der Waals surface area contributed by atoms with Gasteiger partial charge in [0, 0.05) is 29.2 Å². The summed E-state index contributed by atoms with van der Waals surface area (Å²) in [6.45, 7) is -0.461. The van der Waals surface area contributed by atoms with E-state index in [-0.39, 0.29) is 6.42 Å². The van der Waals surface area contributed by atoms with Crippen LogP contribution in [0, 0.1) is 0 Å². The summed E-state index contributed by atoms with van der Waals surface area (Å²) in [5.41, 5.74) is 2.71. The van der Waals surface area contributed by atoms with E-state index in [2.05, 4.69) is 15.2 Å². The summed E-state index contributed by atoms with van der Waals surface area (Å²) in [5.74, 6) is 0. The second kappa shape index (κ2) is 4.81. The number of aromatic nitrogens is 4. The lowest BCUT2D eigenvalue weighted by Gasteiger charge is -2.05. The van der Waals surface area contributed by atoms with Gasteiger partial charge in [0.05, 0.1) is 6.61 Å². The molecule has 3 rings (SSSR count). The second-order valence-electron chi connectivity index (χ2n) is 4.40. The van der Waals surface area contributed by atoms with E-state index in [4.69, 9.17) is 5.11 Å². The number of benzene rings is 1. The van der Waals surface area contributed by atoms with Gasteiger partial charge in [-0.25, -0.2) is 4.39 Å². The van der Waals surface area contributed by atoms with Crippen LogP contribution in [-0.4, -0.2) is 37.6 Å². The van der Waals surface area contributed by atoms with Crippen molar-refractivity contribution in [2.24, 2.45) is 0 Å². The van der Waals surface area contributed by atoms with Crippen LogP contribution in [0.4, 0.5) is 4.39 Å². The Morgan fingerprint density at radius 3 is 2.84 bits per heavy atom. The Bertz CT molecular complexity index is 677. The van der Waals surface area contributed by atoms with Crippen LogP contribution in [0.15, 0.2) is 37.1 Å². The minimum Gasteiger partial charge on any atom is -0.393 e. The molecule has 3 aromatic rings. The third-order valence-corrected chi connectivity index (χ3v) is 3.11.